The Morgan fingerprint density at radius 3 is 2.72 bits per heavy atom. The van der Waals surface area contributed by atoms with Crippen molar-refractivity contribution in [3.05, 3.63) is 33.4 Å². The summed E-state index contributed by atoms with van der Waals surface area (Å²) < 4.78 is 1.01. The van der Waals surface area contributed by atoms with Crippen molar-refractivity contribution >= 4 is 40.9 Å². The van der Waals surface area contributed by atoms with E-state index < -0.39 is 0 Å². The molecule has 5 heteroatoms. The zero-order valence-corrected chi connectivity index (χ0v) is 13.3. The van der Waals surface area contributed by atoms with Crippen molar-refractivity contribution in [2.45, 2.75) is 19.4 Å². The van der Waals surface area contributed by atoms with Gasteiger partial charge in [-0.1, -0.05) is 12.1 Å². The first-order chi connectivity index (χ1) is 8.13. The van der Waals surface area contributed by atoms with Gasteiger partial charge in [-0.15, -0.1) is 12.4 Å². The average Bonchev–Trinajstić information content (AvgIpc) is 2.70. The topological polar surface area (TPSA) is 46.3 Å². The van der Waals surface area contributed by atoms with Crippen molar-refractivity contribution in [2.24, 2.45) is 11.7 Å². The number of nitrogens with zero attached hydrogens (tertiary/aromatic N) is 1. The van der Waals surface area contributed by atoms with Gasteiger partial charge in [-0.3, -0.25) is 4.79 Å². The highest BCUT2D eigenvalue weighted by molar-refractivity contribution is 14.1. The van der Waals surface area contributed by atoms with Crippen LogP contribution in [0.15, 0.2) is 24.3 Å². The van der Waals surface area contributed by atoms with Crippen molar-refractivity contribution in [1.82, 2.24) is 4.90 Å². The van der Waals surface area contributed by atoms with Gasteiger partial charge < -0.3 is 10.6 Å². The highest BCUT2D eigenvalue weighted by Gasteiger charge is 2.32. The van der Waals surface area contributed by atoms with Gasteiger partial charge in [0.05, 0.1) is 5.56 Å². The summed E-state index contributed by atoms with van der Waals surface area (Å²) >= 11 is 2.21. The van der Waals surface area contributed by atoms with Gasteiger partial charge in [0.1, 0.15) is 0 Å². The van der Waals surface area contributed by atoms with Crippen molar-refractivity contribution in [3.8, 4) is 0 Å². The number of likely N-dealkylation sites (tertiary alicyclic amines) is 1. The Bertz CT molecular complexity index is 427. The second-order valence-electron chi connectivity index (χ2n) is 4.62. The molecule has 0 aliphatic carbocycles. The predicted molar refractivity (Wildman–Crippen MR) is 84.1 cm³/mol. The summed E-state index contributed by atoms with van der Waals surface area (Å²) in [5.41, 5.74) is 6.49. The summed E-state index contributed by atoms with van der Waals surface area (Å²) in [4.78, 5) is 14.4. The lowest BCUT2D eigenvalue weighted by Gasteiger charge is -2.22. The van der Waals surface area contributed by atoms with E-state index in [4.69, 9.17) is 5.73 Å². The molecule has 2 unspecified atom stereocenters. The third-order valence-electron chi connectivity index (χ3n) is 3.36. The first-order valence-electron chi connectivity index (χ1n) is 5.89. The first kappa shape index (κ1) is 15.7. The summed E-state index contributed by atoms with van der Waals surface area (Å²) in [6, 6.07) is 8.03. The Labute approximate surface area is 128 Å². The van der Waals surface area contributed by atoms with E-state index in [2.05, 4.69) is 29.5 Å². The molecule has 2 rings (SSSR count). The minimum Gasteiger partial charge on any atom is -0.336 e. The fourth-order valence-electron chi connectivity index (χ4n) is 2.39. The molecule has 0 aromatic heterocycles. The number of rotatable bonds is 2. The quantitative estimate of drug-likeness (QED) is 0.802. The predicted octanol–water partition coefficient (Wildman–Crippen LogP) is 2.52. The lowest BCUT2D eigenvalue weighted by molar-refractivity contribution is 0.0742. The number of hydrogen-bond acceptors (Lipinski definition) is 2. The summed E-state index contributed by atoms with van der Waals surface area (Å²) in [5.74, 6) is 0.591. The van der Waals surface area contributed by atoms with E-state index in [1.54, 1.807) is 0 Å². The molecule has 1 heterocycles. The van der Waals surface area contributed by atoms with Crippen LogP contribution in [0.5, 0.6) is 0 Å². The molecule has 1 saturated heterocycles. The lowest BCUT2D eigenvalue weighted by atomic mass is 10.1. The van der Waals surface area contributed by atoms with Crippen LogP contribution >= 0.6 is 35.0 Å². The van der Waals surface area contributed by atoms with Gasteiger partial charge in [0, 0.05) is 16.2 Å². The number of nitrogens with two attached hydrogens (primary N) is 1. The summed E-state index contributed by atoms with van der Waals surface area (Å²) in [5, 5.41) is 0. The van der Waals surface area contributed by atoms with Crippen molar-refractivity contribution in [1.29, 1.82) is 0 Å². The molecule has 0 spiro atoms. The SMILES string of the molecule is CC1CC(CN)CN1C(=O)c1ccccc1I.Cl. The van der Waals surface area contributed by atoms with E-state index in [9.17, 15) is 4.79 Å². The van der Waals surface area contributed by atoms with Gasteiger partial charge in [-0.2, -0.15) is 0 Å². The average molecular weight is 381 g/mol. The van der Waals surface area contributed by atoms with Crippen LogP contribution in [0.1, 0.15) is 23.7 Å². The van der Waals surface area contributed by atoms with Crippen LogP contribution in [0.2, 0.25) is 0 Å². The van der Waals surface area contributed by atoms with Gasteiger partial charge in [-0.25, -0.2) is 0 Å². The summed E-state index contributed by atoms with van der Waals surface area (Å²) in [6.45, 7) is 3.56. The highest BCUT2D eigenvalue weighted by atomic mass is 127. The normalized spacial score (nSPS) is 22.7. The maximum absolute atomic E-state index is 12.4. The van der Waals surface area contributed by atoms with Crippen LogP contribution < -0.4 is 5.73 Å². The standard InChI is InChI=1S/C13H17IN2O.ClH/c1-9-6-10(7-15)8-16(9)13(17)11-4-2-3-5-12(11)14;/h2-5,9-10H,6-8,15H2,1H3;1H. The minimum absolute atomic E-state index is 0. The number of carbonyl (C=O) groups is 1. The molecule has 1 fully saturated rings. The molecule has 1 aromatic rings. The molecule has 1 aliphatic heterocycles. The zero-order valence-electron chi connectivity index (χ0n) is 10.3. The lowest BCUT2D eigenvalue weighted by Crippen LogP contribution is -2.34. The molecular weight excluding hydrogens is 363 g/mol. The summed E-state index contributed by atoms with van der Waals surface area (Å²) in [6.07, 6.45) is 1.02. The van der Waals surface area contributed by atoms with Crippen molar-refractivity contribution in [2.75, 3.05) is 13.1 Å². The Morgan fingerprint density at radius 2 is 2.17 bits per heavy atom. The first-order valence-corrected chi connectivity index (χ1v) is 6.97. The molecular formula is C13H18ClIN2O. The zero-order chi connectivity index (χ0) is 12.4. The number of benzene rings is 1. The smallest absolute Gasteiger partial charge is 0.255 e. The van der Waals surface area contributed by atoms with Crippen LogP contribution in [-0.4, -0.2) is 29.9 Å². The van der Waals surface area contributed by atoms with Crippen LogP contribution in [0, 0.1) is 9.49 Å². The molecule has 1 amide bonds. The number of halogens is 2. The Balaban J connectivity index is 0.00000162. The fraction of sp³-hybridized carbons (Fsp3) is 0.462. The Kier molecular flexibility index (Phi) is 5.88. The second kappa shape index (κ2) is 6.73. The largest absolute Gasteiger partial charge is 0.336 e. The molecule has 1 aliphatic rings. The van der Waals surface area contributed by atoms with E-state index >= 15 is 0 Å². The van der Waals surface area contributed by atoms with Crippen LogP contribution in [0.3, 0.4) is 0 Å². The summed E-state index contributed by atoms with van der Waals surface area (Å²) in [7, 11) is 0. The third-order valence-corrected chi connectivity index (χ3v) is 4.30. The van der Waals surface area contributed by atoms with Crippen LogP contribution in [0.4, 0.5) is 0 Å². The number of carbonyl (C=O) groups excluding carboxylic acids is 1. The van der Waals surface area contributed by atoms with Crippen LogP contribution in [-0.2, 0) is 0 Å². The monoisotopic (exact) mass is 380 g/mol. The Hall–Kier alpha value is -0.330. The number of hydrogen-bond donors (Lipinski definition) is 1. The van der Waals surface area contributed by atoms with E-state index in [1.807, 2.05) is 29.2 Å². The fourth-order valence-corrected chi connectivity index (χ4v) is 3.00. The molecule has 2 atom stereocenters. The van der Waals surface area contributed by atoms with Gasteiger partial charge in [0.25, 0.3) is 5.91 Å². The number of amides is 1. The van der Waals surface area contributed by atoms with Gasteiger partial charge in [0.15, 0.2) is 0 Å². The maximum atomic E-state index is 12.4. The molecule has 0 radical (unpaired) electrons. The molecule has 0 saturated carbocycles. The van der Waals surface area contributed by atoms with Gasteiger partial charge in [0.2, 0.25) is 0 Å². The van der Waals surface area contributed by atoms with E-state index in [0.29, 0.717) is 18.5 Å². The van der Waals surface area contributed by atoms with Crippen molar-refractivity contribution in [3.63, 3.8) is 0 Å². The second-order valence-corrected chi connectivity index (χ2v) is 5.79. The molecule has 0 bridgehead atoms. The van der Waals surface area contributed by atoms with E-state index in [1.165, 1.54) is 0 Å². The molecule has 18 heavy (non-hydrogen) atoms. The highest BCUT2D eigenvalue weighted by Crippen LogP contribution is 2.25. The van der Waals surface area contributed by atoms with Gasteiger partial charge in [-0.05, 0) is 60.5 Å². The Morgan fingerprint density at radius 1 is 1.50 bits per heavy atom. The molecule has 1 aromatic carbocycles. The minimum atomic E-state index is 0. The van der Waals surface area contributed by atoms with Crippen LogP contribution in [0.25, 0.3) is 0 Å². The van der Waals surface area contributed by atoms with E-state index in [-0.39, 0.29) is 18.3 Å². The molecule has 100 valence electrons. The molecule has 2 N–H and O–H groups in total. The third kappa shape index (κ3) is 3.16. The maximum Gasteiger partial charge on any atom is 0.255 e. The molecule has 3 nitrogen and oxygen atoms in total. The van der Waals surface area contributed by atoms with E-state index in [0.717, 1.165) is 22.1 Å². The van der Waals surface area contributed by atoms with Crippen molar-refractivity contribution < 1.29 is 4.79 Å². The van der Waals surface area contributed by atoms with Gasteiger partial charge >= 0.3 is 0 Å².